The van der Waals surface area contributed by atoms with E-state index in [0.717, 1.165) is 37.1 Å². The fourth-order valence-corrected chi connectivity index (χ4v) is 4.77. The van der Waals surface area contributed by atoms with Gasteiger partial charge < -0.3 is 0 Å². The number of rotatable bonds is 19. The van der Waals surface area contributed by atoms with Gasteiger partial charge in [0.2, 0.25) is 0 Å². The van der Waals surface area contributed by atoms with Crippen molar-refractivity contribution in [2.75, 3.05) is 0 Å². The molecule has 0 bridgehead atoms. The molecule has 208 valence electrons. The Morgan fingerprint density at radius 3 is 0.946 bits per heavy atom. The van der Waals surface area contributed by atoms with Crippen LogP contribution < -0.4 is 0 Å². The Balaban J connectivity index is 0.00000684. The SMILES string of the molecule is CCCCCc1cc(CCCCC)cc(N=CC=Nc2cc(CCCCC)cc(CCCCC)c2)c1.[Pd]. The van der Waals surface area contributed by atoms with Crippen LogP contribution >= 0.6 is 0 Å². The van der Waals surface area contributed by atoms with E-state index >= 15 is 0 Å². The molecule has 2 rings (SSSR count). The van der Waals surface area contributed by atoms with Crippen LogP contribution in [0.4, 0.5) is 11.4 Å². The van der Waals surface area contributed by atoms with E-state index in [2.05, 4.69) is 64.1 Å². The van der Waals surface area contributed by atoms with E-state index in [4.69, 9.17) is 9.98 Å². The molecule has 37 heavy (non-hydrogen) atoms. The summed E-state index contributed by atoms with van der Waals surface area (Å²) < 4.78 is 0. The summed E-state index contributed by atoms with van der Waals surface area (Å²) in [5.41, 5.74) is 7.85. The summed E-state index contributed by atoms with van der Waals surface area (Å²) in [5.74, 6) is 0. The van der Waals surface area contributed by atoms with Crippen LogP contribution in [-0.2, 0) is 46.1 Å². The molecule has 0 saturated carbocycles. The van der Waals surface area contributed by atoms with Crippen LogP contribution in [0.2, 0.25) is 0 Å². The first kappa shape index (κ1) is 33.5. The second-order valence-corrected chi connectivity index (χ2v) is 10.4. The predicted octanol–water partition coefficient (Wildman–Crippen LogP) is 10.7. The van der Waals surface area contributed by atoms with Crippen molar-refractivity contribution in [1.82, 2.24) is 0 Å². The molecule has 2 nitrogen and oxygen atoms in total. The standard InChI is InChI=1S/C34H52N2.Pd/c1-5-9-13-17-29-23-30(18-14-10-6-2)26-33(25-29)35-21-22-36-34-27-31(19-15-11-7-3)24-32(28-34)20-16-12-8-4;/h21-28H,5-20H2,1-4H3;. The van der Waals surface area contributed by atoms with Crippen molar-refractivity contribution in [3.05, 3.63) is 58.7 Å². The van der Waals surface area contributed by atoms with E-state index in [0.29, 0.717) is 0 Å². The second kappa shape index (κ2) is 21.4. The molecule has 2 aromatic rings. The third-order valence-corrected chi connectivity index (χ3v) is 6.86. The normalized spacial score (nSPS) is 11.5. The molecule has 0 aliphatic heterocycles. The van der Waals surface area contributed by atoms with Gasteiger partial charge >= 0.3 is 0 Å². The van der Waals surface area contributed by atoms with Gasteiger partial charge in [0.25, 0.3) is 0 Å². The van der Waals surface area contributed by atoms with E-state index in [1.54, 1.807) is 0 Å². The fraction of sp³-hybridized carbons (Fsp3) is 0.588. The van der Waals surface area contributed by atoms with E-state index in [1.807, 2.05) is 12.4 Å². The Labute approximate surface area is 242 Å². The molecule has 0 amide bonds. The molecule has 0 aromatic heterocycles. The van der Waals surface area contributed by atoms with Gasteiger partial charge in [-0.15, -0.1) is 0 Å². The van der Waals surface area contributed by atoms with Crippen molar-refractivity contribution in [2.45, 2.75) is 130 Å². The summed E-state index contributed by atoms with van der Waals surface area (Å²) >= 11 is 0. The Kier molecular flexibility index (Phi) is 19.3. The molecule has 0 N–H and O–H groups in total. The molecule has 0 aliphatic carbocycles. The van der Waals surface area contributed by atoms with Crippen LogP contribution in [0, 0.1) is 0 Å². The molecule has 0 unspecified atom stereocenters. The van der Waals surface area contributed by atoms with Crippen molar-refractivity contribution in [2.24, 2.45) is 9.98 Å². The van der Waals surface area contributed by atoms with E-state index < -0.39 is 0 Å². The number of aliphatic imine (C=N–C) groups is 2. The average molecular weight is 595 g/mol. The molecule has 0 aliphatic rings. The molecule has 2 aromatic carbocycles. The van der Waals surface area contributed by atoms with Gasteiger partial charge in [-0.25, -0.2) is 0 Å². The van der Waals surface area contributed by atoms with Crippen LogP contribution in [-0.4, -0.2) is 12.4 Å². The largest absolute Gasteiger partial charge is 0.255 e. The quantitative estimate of drug-likeness (QED) is 0.0878. The number of hydrogen-bond acceptors (Lipinski definition) is 2. The first-order valence-corrected chi connectivity index (χ1v) is 15.0. The first-order valence-electron chi connectivity index (χ1n) is 15.0. The maximum absolute atomic E-state index is 4.79. The minimum absolute atomic E-state index is 0. The number of nitrogens with zero attached hydrogens (tertiary/aromatic N) is 2. The van der Waals surface area contributed by atoms with Gasteiger partial charge in [-0.2, -0.15) is 0 Å². The van der Waals surface area contributed by atoms with Crippen LogP contribution in [0.15, 0.2) is 46.4 Å². The minimum atomic E-state index is 0. The van der Waals surface area contributed by atoms with Gasteiger partial charge in [0.05, 0.1) is 11.4 Å². The summed E-state index contributed by atoms with van der Waals surface area (Å²) in [6.45, 7) is 9.08. The van der Waals surface area contributed by atoms with Crippen molar-refractivity contribution in [1.29, 1.82) is 0 Å². The maximum Gasteiger partial charge on any atom is 0.0635 e. The van der Waals surface area contributed by atoms with Gasteiger partial charge in [-0.3, -0.25) is 9.98 Å². The molecular weight excluding hydrogens is 543 g/mol. The average Bonchev–Trinajstić information content (AvgIpc) is 2.87. The van der Waals surface area contributed by atoms with Gasteiger partial charge in [0.1, 0.15) is 0 Å². The molecule has 3 heteroatoms. The zero-order chi connectivity index (χ0) is 25.8. The van der Waals surface area contributed by atoms with E-state index in [9.17, 15) is 0 Å². The molecule has 0 saturated heterocycles. The zero-order valence-corrected chi connectivity index (χ0v) is 25.7. The van der Waals surface area contributed by atoms with Gasteiger partial charge in [-0.1, -0.05) is 91.2 Å². The zero-order valence-electron chi connectivity index (χ0n) is 24.1. The maximum atomic E-state index is 4.79. The minimum Gasteiger partial charge on any atom is -0.255 e. The van der Waals surface area contributed by atoms with Crippen LogP contribution in [0.1, 0.15) is 127 Å². The summed E-state index contributed by atoms with van der Waals surface area (Å²) in [6.07, 6.45) is 23.6. The second-order valence-electron chi connectivity index (χ2n) is 10.4. The van der Waals surface area contributed by atoms with Crippen molar-refractivity contribution in [3.63, 3.8) is 0 Å². The Bertz CT molecular complexity index is 784. The summed E-state index contributed by atoms with van der Waals surface area (Å²) in [5, 5.41) is 0. The number of aryl methyl sites for hydroxylation is 4. The molecule has 0 heterocycles. The van der Waals surface area contributed by atoms with Crippen molar-refractivity contribution in [3.8, 4) is 0 Å². The van der Waals surface area contributed by atoms with Gasteiger partial charge in [-0.05, 0) is 97.9 Å². The number of hydrogen-bond donors (Lipinski definition) is 0. The van der Waals surface area contributed by atoms with Crippen LogP contribution in [0.3, 0.4) is 0 Å². The van der Waals surface area contributed by atoms with Crippen molar-refractivity contribution >= 4 is 23.8 Å². The first-order chi connectivity index (χ1) is 17.7. The topological polar surface area (TPSA) is 24.7 Å². The van der Waals surface area contributed by atoms with E-state index in [-0.39, 0.29) is 20.4 Å². The monoisotopic (exact) mass is 594 g/mol. The molecular formula is C34H52N2Pd. The Morgan fingerprint density at radius 1 is 0.432 bits per heavy atom. The third kappa shape index (κ3) is 14.8. The molecule has 0 atom stereocenters. The number of benzene rings is 2. The van der Waals surface area contributed by atoms with E-state index in [1.165, 1.54) is 99.3 Å². The third-order valence-electron chi connectivity index (χ3n) is 6.86. The summed E-state index contributed by atoms with van der Waals surface area (Å²) in [6, 6.07) is 13.9. The van der Waals surface area contributed by atoms with Crippen LogP contribution in [0.25, 0.3) is 0 Å². The van der Waals surface area contributed by atoms with Gasteiger partial charge in [0, 0.05) is 32.9 Å². The summed E-state index contributed by atoms with van der Waals surface area (Å²) in [4.78, 5) is 9.58. The Hall–Kier alpha value is -1.56. The fourth-order valence-electron chi connectivity index (χ4n) is 4.77. The molecule has 0 fully saturated rings. The Morgan fingerprint density at radius 2 is 0.703 bits per heavy atom. The van der Waals surface area contributed by atoms with Gasteiger partial charge in [0.15, 0.2) is 0 Å². The molecule has 0 radical (unpaired) electrons. The van der Waals surface area contributed by atoms with Crippen molar-refractivity contribution < 1.29 is 20.4 Å². The van der Waals surface area contributed by atoms with Crippen LogP contribution in [0.5, 0.6) is 0 Å². The smallest absolute Gasteiger partial charge is 0.0635 e. The summed E-state index contributed by atoms with van der Waals surface area (Å²) in [7, 11) is 0. The predicted molar refractivity (Wildman–Crippen MR) is 162 cm³/mol. The molecule has 0 spiro atoms. The number of unbranched alkanes of at least 4 members (excludes halogenated alkanes) is 8.